The summed E-state index contributed by atoms with van der Waals surface area (Å²) in [5.74, 6) is 3.26. The molecule has 17 heavy (non-hydrogen) atoms. The number of nitrogens with one attached hydrogen (secondary N) is 1. The van der Waals surface area contributed by atoms with Crippen molar-refractivity contribution in [3.8, 4) is 0 Å². The smallest absolute Gasteiger partial charge is 0.104 e. The molecule has 0 aliphatic carbocycles. The maximum Gasteiger partial charge on any atom is 0.104 e. The van der Waals surface area contributed by atoms with E-state index < -0.39 is 0 Å². The van der Waals surface area contributed by atoms with Crippen LogP contribution in [0.4, 0.5) is 0 Å². The van der Waals surface area contributed by atoms with E-state index in [0.29, 0.717) is 5.92 Å². The molecule has 2 nitrogen and oxygen atoms in total. The van der Waals surface area contributed by atoms with Crippen molar-refractivity contribution in [2.75, 3.05) is 13.1 Å². The molecule has 0 fully saturated rings. The summed E-state index contributed by atoms with van der Waals surface area (Å²) in [5.41, 5.74) is 0. The van der Waals surface area contributed by atoms with Crippen LogP contribution >= 0.6 is 0 Å². The van der Waals surface area contributed by atoms with Crippen LogP contribution in [0, 0.1) is 17.8 Å². The summed E-state index contributed by atoms with van der Waals surface area (Å²) < 4.78 is 5.45. The van der Waals surface area contributed by atoms with Gasteiger partial charge in [0.05, 0.1) is 6.26 Å². The molecule has 98 valence electrons. The first-order valence-corrected chi connectivity index (χ1v) is 6.81. The predicted molar refractivity (Wildman–Crippen MR) is 73.1 cm³/mol. The van der Waals surface area contributed by atoms with Gasteiger partial charge in [-0.05, 0) is 49.4 Å². The Hall–Kier alpha value is -0.760. The molecule has 2 heteroatoms. The van der Waals surface area contributed by atoms with Crippen LogP contribution in [0.3, 0.4) is 0 Å². The van der Waals surface area contributed by atoms with Gasteiger partial charge < -0.3 is 9.73 Å². The van der Waals surface area contributed by atoms with Crippen LogP contribution in [0.25, 0.3) is 0 Å². The molecule has 1 atom stereocenters. The molecule has 1 aromatic rings. The highest BCUT2D eigenvalue weighted by atomic mass is 16.3. The highest BCUT2D eigenvalue weighted by Gasteiger charge is 2.13. The van der Waals surface area contributed by atoms with Gasteiger partial charge in [0.1, 0.15) is 5.76 Å². The number of hydrogen-bond donors (Lipinski definition) is 1. The molecular formula is C15H27NO. The lowest BCUT2D eigenvalue weighted by Crippen LogP contribution is -2.28. The molecule has 1 N–H and O–H groups in total. The normalized spacial score (nSPS) is 13.5. The van der Waals surface area contributed by atoms with Crippen molar-refractivity contribution >= 4 is 0 Å². The second-order valence-electron chi connectivity index (χ2n) is 5.83. The van der Waals surface area contributed by atoms with Gasteiger partial charge in [-0.25, -0.2) is 0 Å². The Morgan fingerprint density at radius 1 is 1.12 bits per heavy atom. The Labute approximate surface area is 106 Å². The minimum Gasteiger partial charge on any atom is -0.469 e. The van der Waals surface area contributed by atoms with Crippen LogP contribution in [-0.4, -0.2) is 13.1 Å². The maximum absolute atomic E-state index is 5.45. The first-order valence-electron chi connectivity index (χ1n) is 6.81. The largest absolute Gasteiger partial charge is 0.469 e. The second kappa shape index (κ2) is 7.54. The zero-order chi connectivity index (χ0) is 12.7. The van der Waals surface area contributed by atoms with Crippen molar-refractivity contribution in [1.82, 2.24) is 5.32 Å². The van der Waals surface area contributed by atoms with Gasteiger partial charge >= 0.3 is 0 Å². The van der Waals surface area contributed by atoms with E-state index >= 15 is 0 Å². The van der Waals surface area contributed by atoms with E-state index in [4.69, 9.17) is 4.42 Å². The molecule has 1 unspecified atom stereocenters. The van der Waals surface area contributed by atoms with E-state index in [9.17, 15) is 0 Å². The van der Waals surface area contributed by atoms with E-state index in [1.54, 1.807) is 6.26 Å². The van der Waals surface area contributed by atoms with E-state index in [1.165, 1.54) is 6.42 Å². The third kappa shape index (κ3) is 6.52. The van der Waals surface area contributed by atoms with Gasteiger partial charge in [0.15, 0.2) is 0 Å². The molecular weight excluding hydrogens is 210 g/mol. The van der Waals surface area contributed by atoms with Gasteiger partial charge in [-0.2, -0.15) is 0 Å². The lowest BCUT2D eigenvalue weighted by Gasteiger charge is -2.19. The summed E-state index contributed by atoms with van der Waals surface area (Å²) in [4.78, 5) is 0. The van der Waals surface area contributed by atoms with Crippen LogP contribution < -0.4 is 5.32 Å². The quantitative estimate of drug-likeness (QED) is 0.745. The van der Waals surface area contributed by atoms with Gasteiger partial charge in [0.2, 0.25) is 0 Å². The minimum atomic E-state index is 0.680. The van der Waals surface area contributed by atoms with Crippen LogP contribution in [0.5, 0.6) is 0 Å². The Morgan fingerprint density at radius 2 is 1.88 bits per heavy atom. The summed E-state index contributed by atoms with van der Waals surface area (Å²) in [6.07, 6.45) is 4.07. The van der Waals surface area contributed by atoms with Gasteiger partial charge in [-0.1, -0.05) is 27.7 Å². The van der Waals surface area contributed by atoms with Crippen molar-refractivity contribution in [3.05, 3.63) is 24.2 Å². The molecule has 1 rings (SSSR count). The highest BCUT2D eigenvalue weighted by Crippen LogP contribution is 2.17. The van der Waals surface area contributed by atoms with Crippen LogP contribution in [-0.2, 0) is 6.42 Å². The fourth-order valence-corrected chi connectivity index (χ4v) is 2.19. The SMILES string of the molecule is CC(C)CNCC(Cc1ccco1)CC(C)C. The van der Waals surface area contributed by atoms with Crippen LogP contribution in [0.2, 0.25) is 0 Å². The second-order valence-corrected chi connectivity index (χ2v) is 5.83. The zero-order valence-electron chi connectivity index (χ0n) is 11.7. The standard InChI is InChI=1S/C15H27NO/c1-12(2)8-14(11-16-10-13(3)4)9-15-6-5-7-17-15/h5-7,12-14,16H,8-11H2,1-4H3. The van der Waals surface area contributed by atoms with E-state index in [2.05, 4.69) is 39.1 Å². The van der Waals surface area contributed by atoms with E-state index in [-0.39, 0.29) is 0 Å². The van der Waals surface area contributed by atoms with Crippen molar-refractivity contribution in [2.45, 2.75) is 40.5 Å². The summed E-state index contributed by atoms with van der Waals surface area (Å²) in [6, 6.07) is 4.05. The van der Waals surface area contributed by atoms with Crippen molar-refractivity contribution < 1.29 is 4.42 Å². The number of rotatable bonds is 8. The molecule has 1 heterocycles. The van der Waals surface area contributed by atoms with Gasteiger partial charge in [0, 0.05) is 6.42 Å². The Balaban J connectivity index is 2.37. The van der Waals surface area contributed by atoms with Crippen molar-refractivity contribution in [3.63, 3.8) is 0 Å². The molecule has 0 aliphatic rings. The predicted octanol–water partition coefficient (Wildman–Crippen LogP) is 3.73. The maximum atomic E-state index is 5.45. The third-order valence-electron chi connectivity index (χ3n) is 2.86. The summed E-state index contributed by atoms with van der Waals surface area (Å²) >= 11 is 0. The van der Waals surface area contributed by atoms with E-state index in [0.717, 1.165) is 37.1 Å². The highest BCUT2D eigenvalue weighted by molar-refractivity contribution is 4.99. The molecule has 0 spiro atoms. The lowest BCUT2D eigenvalue weighted by atomic mass is 9.93. The number of furan rings is 1. The summed E-state index contributed by atoms with van der Waals surface area (Å²) in [5, 5.41) is 3.56. The molecule has 0 bridgehead atoms. The first kappa shape index (κ1) is 14.3. The Bertz CT molecular complexity index is 277. The Kier molecular flexibility index (Phi) is 6.35. The molecule has 0 aromatic carbocycles. The fraction of sp³-hybridized carbons (Fsp3) is 0.733. The van der Waals surface area contributed by atoms with Crippen LogP contribution in [0.15, 0.2) is 22.8 Å². The third-order valence-corrected chi connectivity index (χ3v) is 2.86. The molecule has 0 saturated carbocycles. The molecule has 0 amide bonds. The van der Waals surface area contributed by atoms with Gasteiger partial charge in [0.25, 0.3) is 0 Å². The zero-order valence-corrected chi connectivity index (χ0v) is 11.7. The minimum absolute atomic E-state index is 0.680. The van der Waals surface area contributed by atoms with Gasteiger partial charge in [-0.3, -0.25) is 0 Å². The molecule has 0 radical (unpaired) electrons. The monoisotopic (exact) mass is 237 g/mol. The average Bonchev–Trinajstić information content (AvgIpc) is 2.68. The van der Waals surface area contributed by atoms with E-state index in [1.807, 2.05) is 6.07 Å². The topological polar surface area (TPSA) is 25.2 Å². The fourth-order valence-electron chi connectivity index (χ4n) is 2.19. The molecule has 0 aliphatic heterocycles. The molecule has 1 aromatic heterocycles. The van der Waals surface area contributed by atoms with Crippen molar-refractivity contribution in [2.24, 2.45) is 17.8 Å². The Morgan fingerprint density at radius 3 is 2.41 bits per heavy atom. The van der Waals surface area contributed by atoms with Crippen molar-refractivity contribution in [1.29, 1.82) is 0 Å². The average molecular weight is 237 g/mol. The molecule has 0 saturated heterocycles. The summed E-state index contributed by atoms with van der Waals surface area (Å²) in [7, 11) is 0. The first-order chi connectivity index (χ1) is 8.08. The van der Waals surface area contributed by atoms with Crippen LogP contribution in [0.1, 0.15) is 39.9 Å². The summed E-state index contributed by atoms with van der Waals surface area (Å²) in [6.45, 7) is 11.3. The number of hydrogen-bond acceptors (Lipinski definition) is 2. The van der Waals surface area contributed by atoms with Gasteiger partial charge in [-0.15, -0.1) is 0 Å². The lowest BCUT2D eigenvalue weighted by molar-refractivity contribution is 0.352.